The van der Waals surface area contributed by atoms with Crippen LogP contribution in [-0.4, -0.2) is 17.2 Å². The summed E-state index contributed by atoms with van der Waals surface area (Å²) < 4.78 is 11.9. The summed E-state index contributed by atoms with van der Waals surface area (Å²) in [5.74, 6) is 1.43. The molecule has 0 saturated heterocycles. The lowest BCUT2D eigenvalue weighted by Crippen LogP contribution is -1.99. The number of benzene rings is 1. The first-order valence-electron chi connectivity index (χ1n) is 5.74. The van der Waals surface area contributed by atoms with Crippen LogP contribution in [0.1, 0.15) is 11.3 Å². The lowest BCUT2D eigenvalue weighted by molar-refractivity contribution is 0.274. The van der Waals surface area contributed by atoms with Gasteiger partial charge in [0, 0.05) is 10.0 Å². The van der Waals surface area contributed by atoms with Crippen LogP contribution < -0.4 is 9.47 Å². The standard InChI is InChI=1S/C14H14BrNO3/c1-18-14-5-2-11(15)6-10(14)9-19-13-4-3-12(8-17)16-7-13/h2-7,17H,8-9H2,1H3. The molecule has 0 aliphatic rings. The van der Waals surface area contributed by atoms with E-state index >= 15 is 0 Å². The van der Waals surface area contributed by atoms with E-state index in [1.165, 1.54) is 0 Å². The molecule has 1 N–H and O–H groups in total. The number of halogens is 1. The number of aromatic nitrogens is 1. The molecule has 0 amide bonds. The Morgan fingerprint density at radius 2 is 2.11 bits per heavy atom. The minimum Gasteiger partial charge on any atom is -0.496 e. The number of methoxy groups -OCH3 is 1. The highest BCUT2D eigenvalue weighted by Crippen LogP contribution is 2.24. The van der Waals surface area contributed by atoms with E-state index in [4.69, 9.17) is 14.6 Å². The Labute approximate surface area is 120 Å². The number of rotatable bonds is 5. The molecule has 1 aromatic heterocycles. The van der Waals surface area contributed by atoms with E-state index in [-0.39, 0.29) is 6.61 Å². The predicted molar refractivity (Wildman–Crippen MR) is 75.2 cm³/mol. The van der Waals surface area contributed by atoms with Crippen molar-refractivity contribution in [3.8, 4) is 11.5 Å². The SMILES string of the molecule is COc1ccc(Br)cc1COc1ccc(CO)nc1. The monoisotopic (exact) mass is 323 g/mol. The van der Waals surface area contributed by atoms with Gasteiger partial charge in [0.1, 0.15) is 18.1 Å². The van der Waals surface area contributed by atoms with Crippen LogP contribution >= 0.6 is 15.9 Å². The van der Waals surface area contributed by atoms with Crippen LogP contribution in [0.2, 0.25) is 0 Å². The Hall–Kier alpha value is -1.59. The Balaban J connectivity index is 2.07. The highest BCUT2D eigenvalue weighted by molar-refractivity contribution is 9.10. The lowest BCUT2D eigenvalue weighted by Gasteiger charge is -2.10. The highest BCUT2D eigenvalue weighted by atomic mass is 79.9. The smallest absolute Gasteiger partial charge is 0.138 e. The zero-order valence-electron chi connectivity index (χ0n) is 10.5. The summed E-state index contributed by atoms with van der Waals surface area (Å²) in [5.41, 5.74) is 1.57. The van der Waals surface area contributed by atoms with Crippen molar-refractivity contribution in [1.29, 1.82) is 0 Å². The molecule has 1 aromatic carbocycles. The second kappa shape index (κ2) is 6.54. The second-order valence-corrected chi connectivity index (χ2v) is 4.80. The van der Waals surface area contributed by atoms with E-state index < -0.39 is 0 Å². The third-order valence-electron chi connectivity index (χ3n) is 2.60. The largest absolute Gasteiger partial charge is 0.496 e. The van der Waals surface area contributed by atoms with Gasteiger partial charge in [-0.25, -0.2) is 0 Å². The Bertz CT molecular complexity index is 543. The third kappa shape index (κ3) is 3.68. The maximum atomic E-state index is 8.91. The van der Waals surface area contributed by atoms with Crippen LogP contribution in [-0.2, 0) is 13.2 Å². The first kappa shape index (κ1) is 13.8. The first-order valence-corrected chi connectivity index (χ1v) is 6.53. The van der Waals surface area contributed by atoms with Crippen LogP contribution in [0.5, 0.6) is 11.5 Å². The molecule has 0 aliphatic heterocycles. The molecular weight excluding hydrogens is 310 g/mol. The van der Waals surface area contributed by atoms with Crippen molar-refractivity contribution in [2.24, 2.45) is 0 Å². The summed E-state index contributed by atoms with van der Waals surface area (Å²) in [6.45, 7) is 0.322. The second-order valence-electron chi connectivity index (χ2n) is 3.89. The number of aliphatic hydroxyl groups excluding tert-OH is 1. The van der Waals surface area contributed by atoms with Crippen LogP contribution in [0.25, 0.3) is 0 Å². The van der Waals surface area contributed by atoms with E-state index in [2.05, 4.69) is 20.9 Å². The quantitative estimate of drug-likeness (QED) is 0.919. The molecule has 19 heavy (non-hydrogen) atoms. The molecule has 1 heterocycles. The van der Waals surface area contributed by atoms with E-state index in [1.54, 1.807) is 25.4 Å². The molecule has 0 unspecified atom stereocenters. The first-order chi connectivity index (χ1) is 9.22. The number of ether oxygens (including phenoxy) is 2. The van der Waals surface area contributed by atoms with Gasteiger partial charge in [-0.15, -0.1) is 0 Å². The topological polar surface area (TPSA) is 51.6 Å². The van der Waals surface area contributed by atoms with Crippen molar-refractivity contribution in [2.45, 2.75) is 13.2 Å². The van der Waals surface area contributed by atoms with Gasteiger partial charge in [-0.2, -0.15) is 0 Å². The van der Waals surface area contributed by atoms with E-state index in [1.807, 2.05) is 18.2 Å². The normalized spacial score (nSPS) is 10.3. The summed E-state index contributed by atoms with van der Waals surface area (Å²) in [6, 6.07) is 9.26. The van der Waals surface area contributed by atoms with Gasteiger partial charge in [0.05, 0.1) is 25.6 Å². The van der Waals surface area contributed by atoms with Gasteiger partial charge >= 0.3 is 0 Å². The van der Waals surface area contributed by atoms with Crippen molar-refractivity contribution in [2.75, 3.05) is 7.11 Å². The number of nitrogens with zero attached hydrogens (tertiary/aromatic N) is 1. The third-order valence-corrected chi connectivity index (χ3v) is 3.09. The number of hydrogen-bond donors (Lipinski definition) is 1. The van der Waals surface area contributed by atoms with Crippen molar-refractivity contribution >= 4 is 15.9 Å². The molecule has 0 aliphatic carbocycles. The van der Waals surface area contributed by atoms with Gasteiger partial charge in [-0.05, 0) is 30.3 Å². The van der Waals surface area contributed by atoms with Crippen LogP contribution in [0.4, 0.5) is 0 Å². The maximum absolute atomic E-state index is 8.91. The summed E-state index contributed by atoms with van der Waals surface area (Å²) in [7, 11) is 1.63. The fraction of sp³-hybridized carbons (Fsp3) is 0.214. The lowest BCUT2D eigenvalue weighted by atomic mass is 10.2. The minimum atomic E-state index is -0.0697. The minimum absolute atomic E-state index is 0.0697. The molecule has 2 rings (SSSR count). The van der Waals surface area contributed by atoms with Gasteiger partial charge in [0.15, 0.2) is 0 Å². The average molecular weight is 324 g/mol. The molecule has 0 fully saturated rings. The van der Waals surface area contributed by atoms with Gasteiger partial charge in [0.2, 0.25) is 0 Å². The molecule has 100 valence electrons. The molecule has 4 nitrogen and oxygen atoms in total. The zero-order valence-corrected chi connectivity index (χ0v) is 12.1. The van der Waals surface area contributed by atoms with Gasteiger partial charge in [0.25, 0.3) is 0 Å². The van der Waals surface area contributed by atoms with Gasteiger partial charge < -0.3 is 14.6 Å². The zero-order chi connectivity index (χ0) is 13.7. The molecule has 2 aromatic rings. The van der Waals surface area contributed by atoms with Crippen molar-refractivity contribution in [3.05, 3.63) is 52.3 Å². The van der Waals surface area contributed by atoms with E-state index in [9.17, 15) is 0 Å². The molecule has 0 spiro atoms. The van der Waals surface area contributed by atoms with Crippen LogP contribution in [0.15, 0.2) is 41.0 Å². The van der Waals surface area contributed by atoms with Crippen LogP contribution in [0.3, 0.4) is 0 Å². The number of hydrogen-bond acceptors (Lipinski definition) is 4. The summed E-state index contributed by atoms with van der Waals surface area (Å²) in [5, 5.41) is 8.91. The van der Waals surface area contributed by atoms with Crippen molar-refractivity contribution < 1.29 is 14.6 Å². The van der Waals surface area contributed by atoms with Gasteiger partial charge in [-0.1, -0.05) is 15.9 Å². The van der Waals surface area contributed by atoms with Crippen molar-refractivity contribution in [3.63, 3.8) is 0 Å². The van der Waals surface area contributed by atoms with Crippen LogP contribution in [0, 0.1) is 0 Å². The molecule has 0 radical (unpaired) electrons. The Morgan fingerprint density at radius 3 is 2.74 bits per heavy atom. The molecule has 5 heteroatoms. The highest BCUT2D eigenvalue weighted by Gasteiger charge is 2.05. The molecule has 0 saturated carbocycles. The Morgan fingerprint density at radius 1 is 1.26 bits per heavy atom. The van der Waals surface area contributed by atoms with Crippen molar-refractivity contribution in [1.82, 2.24) is 4.98 Å². The summed E-state index contributed by atoms with van der Waals surface area (Å²) in [4.78, 5) is 4.05. The fourth-order valence-electron chi connectivity index (χ4n) is 1.61. The number of aliphatic hydroxyl groups is 1. The summed E-state index contributed by atoms with van der Waals surface area (Å²) >= 11 is 3.42. The molecular formula is C14H14BrNO3. The van der Waals surface area contributed by atoms with E-state index in [0.29, 0.717) is 18.1 Å². The number of pyridine rings is 1. The van der Waals surface area contributed by atoms with E-state index in [0.717, 1.165) is 15.8 Å². The van der Waals surface area contributed by atoms with Gasteiger partial charge in [-0.3, -0.25) is 4.98 Å². The fourth-order valence-corrected chi connectivity index (χ4v) is 2.02. The maximum Gasteiger partial charge on any atom is 0.138 e. The predicted octanol–water partition coefficient (Wildman–Crippen LogP) is 2.92. The Kier molecular flexibility index (Phi) is 4.76. The molecule has 0 bridgehead atoms. The summed E-state index contributed by atoms with van der Waals surface area (Å²) in [6.07, 6.45) is 1.59. The average Bonchev–Trinajstić information content (AvgIpc) is 2.46. The molecule has 0 atom stereocenters.